The molecule has 1 atom stereocenters. The molecule has 0 saturated carbocycles. The number of carbonyl (C=O) groups excluding carboxylic acids is 1. The molecule has 1 aromatic rings. The van der Waals surface area contributed by atoms with Crippen molar-refractivity contribution in [3.8, 4) is 0 Å². The standard InChI is InChI=1S/C16H23NO6/c1-12(15(18)19)9-17(10-14(21-2)22-3)16(20)23-11-13-7-5-4-6-8-13/h4-8,12,14H,9-11H2,1-3H3,(H,18,19)/t12-/m0/s1. The van der Waals surface area contributed by atoms with E-state index in [0.29, 0.717) is 0 Å². The number of nitrogens with zero attached hydrogens (tertiary/aromatic N) is 1. The number of benzene rings is 1. The summed E-state index contributed by atoms with van der Waals surface area (Å²) in [6, 6.07) is 9.24. The lowest BCUT2D eigenvalue weighted by molar-refractivity contribution is -0.143. The zero-order valence-corrected chi connectivity index (χ0v) is 13.6. The van der Waals surface area contributed by atoms with Crippen LogP contribution < -0.4 is 0 Å². The van der Waals surface area contributed by atoms with E-state index in [0.717, 1.165) is 5.56 Å². The molecular formula is C16H23NO6. The fourth-order valence-corrected chi connectivity index (χ4v) is 1.87. The van der Waals surface area contributed by atoms with Crippen LogP contribution in [0.4, 0.5) is 4.79 Å². The van der Waals surface area contributed by atoms with E-state index in [1.807, 2.05) is 30.3 Å². The molecule has 0 aliphatic rings. The number of carboxylic acid groups (broad SMARTS) is 1. The minimum Gasteiger partial charge on any atom is -0.481 e. The Hall–Kier alpha value is -2.12. The molecule has 1 aromatic carbocycles. The van der Waals surface area contributed by atoms with Gasteiger partial charge >= 0.3 is 12.1 Å². The molecule has 0 aromatic heterocycles. The smallest absolute Gasteiger partial charge is 0.410 e. The normalized spacial score (nSPS) is 12.0. The van der Waals surface area contributed by atoms with Gasteiger partial charge < -0.3 is 24.2 Å². The number of aliphatic carboxylic acids is 1. The van der Waals surface area contributed by atoms with Gasteiger partial charge in [-0.25, -0.2) is 4.79 Å². The zero-order valence-electron chi connectivity index (χ0n) is 13.6. The molecule has 1 N–H and O–H groups in total. The quantitative estimate of drug-likeness (QED) is 0.699. The third-order valence-electron chi connectivity index (χ3n) is 3.27. The lowest BCUT2D eigenvalue weighted by Gasteiger charge is -2.27. The number of carbonyl (C=O) groups is 2. The molecule has 128 valence electrons. The maximum atomic E-state index is 12.2. The minimum atomic E-state index is -0.989. The van der Waals surface area contributed by atoms with E-state index in [4.69, 9.17) is 19.3 Å². The van der Waals surface area contributed by atoms with Gasteiger partial charge in [0, 0.05) is 20.8 Å². The third-order valence-corrected chi connectivity index (χ3v) is 3.27. The van der Waals surface area contributed by atoms with E-state index in [1.54, 1.807) is 0 Å². The first-order chi connectivity index (χ1) is 11.0. The molecule has 0 radical (unpaired) electrons. The molecule has 0 fully saturated rings. The summed E-state index contributed by atoms with van der Waals surface area (Å²) in [6.07, 6.45) is -1.26. The summed E-state index contributed by atoms with van der Waals surface area (Å²) in [4.78, 5) is 24.5. The molecular weight excluding hydrogens is 302 g/mol. The molecule has 0 aliphatic heterocycles. The van der Waals surface area contributed by atoms with Gasteiger partial charge in [-0.15, -0.1) is 0 Å². The number of rotatable bonds is 9. The van der Waals surface area contributed by atoms with E-state index < -0.39 is 24.3 Å². The highest BCUT2D eigenvalue weighted by Gasteiger charge is 2.24. The lowest BCUT2D eigenvalue weighted by Crippen LogP contribution is -2.42. The second kappa shape index (κ2) is 9.81. The van der Waals surface area contributed by atoms with E-state index in [2.05, 4.69) is 0 Å². The first kappa shape index (κ1) is 18.9. The van der Waals surface area contributed by atoms with Gasteiger partial charge in [0.05, 0.1) is 12.5 Å². The molecule has 7 nitrogen and oxygen atoms in total. The van der Waals surface area contributed by atoms with Crippen molar-refractivity contribution in [1.82, 2.24) is 4.90 Å². The average Bonchev–Trinajstić information content (AvgIpc) is 2.57. The van der Waals surface area contributed by atoms with Crippen LogP contribution in [0.3, 0.4) is 0 Å². The summed E-state index contributed by atoms with van der Waals surface area (Å²) >= 11 is 0. The van der Waals surface area contributed by atoms with Crippen molar-refractivity contribution < 1.29 is 28.9 Å². The summed E-state index contributed by atoms with van der Waals surface area (Å²) < 4.78 is 15.4. The van der Waals surface area contributed by atoms with Crippen LogP contribution >= 0.6 is 0 Å². The number of carboxylic acids is 1. The lowest BCUT2D eigenvalue weighted by atomic mass is 10.2. The monoisotopic (exact) mass is 325 g/mol. The van der Waals surface area contributed by atoms with Gasteiger partial charge in [0.2, 0.25) is 0 Å². The van der Waals surface area contributed by atoms with Crippen molar-refractivity contribution in [2.45, 2.75) is 19.8 Å². The summed E-state index contributed by atoms with van der Waals surface area (Å²) in [5.74, 6) is -1.72. The Balaban J connectivity index is 2.68. The van der Waals surface area contributed by atoms with Crippen LogP contribution in [0.1, 0.15) is 12.5 Å². The van der Waals surface area contributed by atoms with E-state index >= 15 is 0 Å². The Labute approximate surface area is 135 Å². The van der Waals surface area contributed by atoms with Crippen molar-refractivity contribution in [2.24, 2.45) is 5.92 Å². The molecule has 0 bridgehead atoms. The Bertz CT molecular complexity index is 489. The number of hydrogen-bond acceptors (Lipinski definition) is 5. The van der Waals surface area contributed by atoms with Crippen molar-refractivity contribution >= 4 is 12.1 Å². The number of amides is 1. The largest absolute Gasteiger partial charge is 0.481 e. The molecule has 1 amide bonds. The first-order valence-electron chi connectivity index (χ1n) is 7.22. The van der Waals surface area contributed by atoms with Gasteiger partial charge in [0.25, 0.3) is 0 Å². The second-order valence-corrected chi connectivity index (χ2v) is 5.09. The van der Waals surface area contributed by atoms with E-state index in [9.17, 15) is 9.59 Å². The highest BCUT2D eigenvalue weighted by molar-refractivity contribution is 5.72. The molecule has 1 rings (SSSR count). The van der Waals surface area contributed by atoms with E-state index in [-0.39, 0.29) is 19.7 Å². The van der Waals surface area contributed by atoms with E-state index in [1.165, 1.54) is 26.0 Å². The Morgan fingerprint density at radius 1 is 1.13 bits per heavy atom. The molecule has 0 unspecified atom stereocenters. The Morgan fingerprint density at radius 2 is 1.74 bits per heavy atom. The maximum Gasteiger partial charge on any atom is 0.410 e. The van der Waals surface area contributed by atoms with Crippen LogP contribution in [0.2, 0.25) is 0 Å². The van der Waals surface area contributed by atoms with Crippen molar-refractivity contribution in [3.05, 3.63) is 35.9 Å². The topological polar surface area (TPSA) is 85.3 Å². The molecule has 7 heteroatoms. The maximum absolute atomic E-state index is 12.2. The van der Waals surface area contributed by atoms with Crippen LogP contribution in [0.15, 0.2) is 30.3 Å². The summed E-state index contributed by atoms with van der Waals surface area (Å²) in [5, 5.41) is 9.03. The predicted octanol–water partition coefficient (Wildman–Crippen LogP) is 1.96. The highest BCUT2D eigenvalue weighted by atomic mass is 16.7. The fraction of sp³-hybridized carbons (Fsp3) is 0.500. The first-order valence-corrected chi connectivity index (χ1v) is 7.22. The second-order valence-electron chi connectivity index (χ2n) is 5.09. The van der Waals surface area contributed by atoms with Crippen LogP contribution in [0.5, 0.6) is 0 Å². The fourth-order valence-electron chi connectivity index (χ4n) is 1.87. The molecule has 0 heterocycles. The van der Waals surface area contributed by atoms with Gasteiger partial charge in [-0.2, -0.15) is 0 Å². The third kappa shape index (κ3) is 6.66. The van der Waals surface area contributed by atoms with Crippen molar-refractivity contribution in [1.29, 1.82) is 0 Å². The number of ether oxygens (including phenoxy) is 3. The summed E-state index contributed by atoms with van der Waals surface area (Å²) in [7, 11) is 2.89. The predicted molar refractivity (Wildman–Crippen MR) is 82.8 cm³/mol. The van der Waals surface area contributed by atoms with Gasteiger partial charge in [0.15, 0.2) is 6.29 Å². The van der Waals surface area contributed by atoms with Crippen LogP contribution in [-0.2, 0) is 25.6 Å². The number of hydrogen-bond donors (Lipinski definition) is 1. The Kier molecular flexibility index (Phi) is 8.07. The highest BCUT2D eigenvalue weighted by Crippen LogP contribution is 2.08. The molecule has 0 aliphatic carbocycles. The van der Waals surface area contributed by atoms with Crippen LogP contribution in [-0.4, -0.2) is 55.7 Å². The molecule has 23 heavy (non-hydrogen) atoms. The van der Waals surface area contributed by atoms with Gasteiger partial charge in [0.1, 0.15) is 6.61 Å². The molecule has 0 saturated heterocycles. The Morgan fingerprint density at radius 3 is 2.26 bits per heavy atom. The molecule has 0 spiro atoms. The van der Waals surface area contributed by atoms with Gasteiger partial charge in [-0.3, -0.25) is 4.79 Å². The van der Waals surface area contributed by atoms with Gasteiger partial charge in [-0.05, 0) is 5.56 Å². The SMILES string of the molecule is COC(CN(C[C@H](C)C(=O)O)C(=O)OCc1ccccc1)OC. The number of methoxy groups -OCH3 is 2. The van der Waals surface area contributed by atoms with Gasteiger partial charge in [-0.1, -0.05) is 37.3 Å². The van der Waals surface area contributed by atoms with Crippen molar-refractivity contribution in [2.75, 3.05) is 27.3 Å². The van der Waals surface area contributed by atoms with Crippen molar-refractivity contribution in [3.63, 3.8) is 0 Å². The minimum absolute atomic E-state index is 0.00613. The van der Waals surface area contributed by atoms with Crippen LogP contribution in [0, 0.1) is 5.92 Å². The van der Waals surface area contributed by atoms with Crippen LogP contribution in [0.25, 0.3) is 0 Å². The summed E-state index contributed by atoms with van der Waals surface area (Å²) in [6.45, 7) is 1.72. The zero-order chi connectivity index (χ0) is 17.2. The summed E-state index contributed by atoms with van der Waals surface area (Å²) in [5.41, 5.74) is 0.849. The average molecular weight is 325 g/mol.